The lowest BCUT2D eigenvalue weighted by atomic mass is 9.97. The number of likely N-dealkylation sites (tertiary alicyclic amines) is 1. The number of carbonyl (C=O) groups excluding carboxylic acids is 1. The van der Waals surface area contributed by atoms with Crippen LogP contribution in [-0.4, -0.2) is 79.8 Å². The van der Waals surface area contributed by atoms with Crippen molar-refractivity contribution in [1.82, 2.24) is 30.4 Å². The number of carboxylic acids is 1. The molecular formula is C25H25F3N6O5. The first-order chi connectivity index (χ1) is 18.6. The highest BCUT2D eigenvalue weighted by atomic mass is 19.4. The number of carbonyl (C=O) groups is 2. The van der Waals surface area contributed by atoms with E-state index in [4.69, 9.17) is 14.4 Å². The summed E-state index contributed by atoms with van der Waals surface area (Å²) in [5.74, 6) is -1.56. The number of nitrogens with one attached hydrogen (secondary N) is 1. The van der Waals surface area contributed by atoms with Gasteiger partial charge < -0.3 is 19.8 Å². The summed E-state index contributed by atoms with van der Waals surface area (Å²) >= 11 is 0. The molecule has 0 unspecified atom stereocenters. The third-order valence-corrected chi connectivity index (χ3v) is 6.03. The van der Waals surface area contributed by atoms with E-state index in [2.05, 4.69) is 20.4 Å². The average Bonchev–Trinajstić information content (AvgIpc) is 3.42. The van der Waals surface area contributed by atoms with Crippen molar-refractivity contribution in [3.8, 4) is 11.5 Å². The van der Waals surface area contributed by atoms with Crippen molar-refractivity contribution in [1.29, 1.82) is 0 Å². The van der Waals surface area contributed by atoms with Crippen molar-refractivity contribution >= 4 is 22.9 Å². The van der Waals surface area contributed by atoms with Crippen LogP contribution in [0.25, 0.3) is 22.4 Å². The van der Waals surface area contributed by atoms with Gasteiger partial charge >= 0.3 is 18.2 Å². The molecule has 1 aromatic carbocycles. The Morgan fingerprint density at radius 3 is 2.51 bits per heavy atom. The van der Waals surface area contributed by atoms with Gasteiger partial charge in [-0.1, -0.05) is 41.6 Å². The first-order valence-electron chi connectivity index (χ1n) is 12.0. The van der Waals surface area contributed by atoms with Gasteiger partial charge in [-0.3, -0.25) is 10.3 Å². The smallest absolute Gasteiger partial charge is 0.475 e. The number of fused-ring (bicyclic) bond motifs is 1. The Morgan fingerprint density at radius 2 is 1.82 bits per heavy atom. The van der Waals surface area contributed by atoms with Gasteiger partial charge in [0.25, 0.3) is 0 Å². The summed E-state index contributed by atoms with van der Waals surface area (Å²) in [5, 5.41) is 25.8. The zero-order chi connectivity index (χ0) is 28.0. The molecule has 0 radical (unpaired) electrons. The number of aromatic nitrogens is 3. The predicted molar refractivity (Wildman–Crippen MR) is 131 cm³/mol. The molecule has 2 amide bonds. The number of benzene rings is 1. The number of hydrogen-bond donors (Lipinski definition) is 3. The normalized spacial score (nSPS) is 15.9. The third kappa shape index (κ3) is 7.31. The minimum absolute atomic E-state index is 0.112. The second kappa shape index (κ2) is 11.9. The van der Waals surface area contributed by atoms with E-state index in [9.17, 15) is 23.2 Å². The van der Waals surface area contributed by atoms with Crippen LogP contribution in [-0.2, 0) is 4.79 Å². The molecule has 3 aromatic rings. The predicted octanol–water partition coefficient (Wildman–Crippen LogP) is 3.95. The Labute approximate surface area is 220 Å². The number of aliphatic carboxylic acids is 1. The van der Waals surface area contributed by atoms with Crippen LogP contribution in [0.4, 0.5) is 18.0 Å². The molecule has 4 heterocycles. The summed E-state index contributed by atoms with van der Waals surface area (Å²) in [7, 11) is 0. The molecule has 1 fully saturated rings. The van der Waals surface area contributed by atoms with Gasteiger partial charge in [-0.15, -0.1) is 0 Å². The van der Waals surface area contributed by atoms with Gasteiger partial charge in [-0.25, -0.2) is 14.6 Å². The molecule has 14 heteroatoms. The summed E-state index contributed by atoms with van der Waals surface area (Å²) in [6.45, 7) is 2.06. The van der Waals surface area contributed by atoms with Crippen LogP contribution in [0.2, 0.25) is 0 Å². The van der Waals surface area contributed by atoms with Gasteiger partial charge in [0.1, 0.15) is 5.69 Å². The Balaban J connectivity index is 0.000000448. The van der Waals surface area contributed by atoms with Gasteiger partial charge in [-0.05, 0) is 30.5 Å². The number of halogens is 3. The van der Waals surface area contributed by atoms with Gasteiger partial charge in [0.15, 0.2) is 0 Å². The van der Waals surface area contributed by atoms with E-state index >= 15 is 0 Å². The maximum atomic E-state index is 12.5. The Bertz CT molecular complexity index is 1380. The van der Waals surface area contributed by atoms with E-state index in [-0.39, 0.29) is 11.9 Å². The highest BCUT2D eigenvalue weighted by Crippen LogP contribution is 2.28. The number of hydroxylamine groups is 2. The number of carboxylic acid groups (broad SMARTS) is 1. The number of amides is 2. The number of nitrogens with zero attached hydrogens (tertiary/aromatic N) is 5. The summed E-state index contributed by atoms with van der Waals surface area (Å²) < 4.78 is 37.3. The maximum absolute atomic E-state index is 12.5. The van der Waals surface area contributed by atoms with E-state index in [0.29, 0.717) is 43.6 Å². The second-order valence-electron chi connectivity index (χ2n) is 8.80. The van der Waals surface area contributed by atoms with Crippen LogP contribution in [0.1, 0.15) is 24.7 Å². The van der Waals surface area contributed by atoms with E-state index in [1.807, 2.05) is 48.6 Å². The SMILES string of the molecule is O=C(NCC1=CN(O)CC=C1)N1CCC(c2nc(-c3ccc4ccccc4n3)no2)CC1.O=C(O)C(F)(F)F. The first kappa shape index (κ1) is 27.6. The van der Waals surface area contributed by atoms with Crippen molar-refractivity contribution in [2.75, 3.05) is 26.2 Å². The zero-order valence-corrected chi connectivity index (χ0v) is 20.5. The molecule has 0 bridgehead atoms. The van der Waals surface area contributed by atoms with Crippen LogP contribution in [0.3, 0.4) is 0 Å². The largest absolute Gasteiger partial charge is 0.490 e. The average molecular weight is 547 g/mol. The fourth-order valence-corrected chi connectivity index (χ4v) is 4.02. The molecule has 0 atom stereocenters. The van der Waals surface area contributed by atoms with E-state index in [1.165, 1.54) is 0 Å². The van der Waals surface area contributed by atoms with Gasteiger partial charge in [0, 0.05) is 37.1 Å². The van der Waals surface area contributed by atoms with Crippen molar-refractivity contribution in [2.45, 2.75) is 24.9 Å². The summed E-state index contributed by atoms with van der Waals surface area (Å²) in [6, 6.07) is 11.7. The van der Waals surface area contributed by atoms with Crippen LogP contribution >= 0.6 is 0 Å². The van der Waals surface area contributed by atoms with Crippen LogP contribution < -0.4 is 5.32 Å². The lowest BCUT2D eigenvalue weighted by Gasteiger charge is -2.30. The van der Waals surface area contributed by atoms with Gasteiger partial charge in [-0.2, -0.15) is 18.2 Å². The molecule has 5 rings (SSSR count). The van der Waals surface area contributed by atoms with Gasteiger partial charge in [0.2, 0.25) is 11.7 Å². The van der Waals surface area contributed by atoms with Crippen molar-refractivity contribution in [3.63, 3.8) is 0 Å². The molecule has 0 aliphatic carbocycles. The number of para-hydroxylation sites is 1. The van der Waals surface area contributed by atoms with E-state index in [1.54, 1.807) is 11.1 Å². The van der Waals surface area contributed by atoms with E-state index < -0.39 is 12.1 Å². The Hall–Kier alpha value is -4.46. The molecule has 1 saturated heterocycles. The monoisotopic (exact) mass is 546 g/mol. The summed E-state index contributed by atoms with van der Waals surface area (Å²) in [4.78, 5) is 32.4. The molecule has 0 saturated carbocycles. The van der Waals surface area contributed by atoms with E-state index in [0.717, 1.165) is 34.4 Å². The number of alkyl halides is 3. The maximum Gasteiger partial charge on any atom is 0.490 e. The molecule has 2 aliphatic heterocycles. The third-order valence-electron chi connectivity index (χ3n) is 6.03. The van der Waals surface area contributed by atoms with Crippen molar-refractivity contribution < 1.29 is 37.6 Å². The van der Waals surface area contributed by atoms with Crippen molar-refractivity contribution in [2.24, 2.45) is 0 Å². The highest BCUT2D eigenvalue weighted by Gasteiger charge is 2.38. The standard InChI is InChI=1S/C23H24N6O3.C2HF3O2/c30-23(24-14-16-4-3-11-29(31)15-16)28-12-9-18(10-13-28)22-26-21(27-32-22)20-8-7-17-5-1-2-6-19(17)25-20;3-2(4,5)1(6)7/h1-8,15,18,31H,9-14H2,(H,24,30);(H,6,7). The topological polar surface area (TPSA) is 145 Å². The lowest BCUT2D eigenvalue weighted by molar-refractivity contribution is -0.192. The molecule has 0 spiro atoms. The molecule has 206 valence electrons. The van der Waals surface area contributed by atoms with Gasteiger partial charge in [0.05, 0.1) is 12.1 Å². The van der Waals surface area contributed by atoms with Crippen LogP contribution in [0.5, 0.6) is 0 Å². The number of piperidine rings is 1. The number of rotatable bonds is 4. The minimum Gasteiger partial charge on any atom is -0.475 e. The zero-order valence-electron chi connectivity index (χ0n) is 20.5. The first-order valence-corrected chi connectivity index (χ1v) is 12.0. The second-order valence-corrected chi connectivity index (χ2v) is 8.80. The number of urea groups is 1. The summed E-state index contributed by atoms with van der Waals surface area (Å²) in [5.41, 5.74) is 2.42. The summed E-state index contributed by atoms with van der Waals surface area (Å²) in [6.07, 6.45) is 1.79. The Morgan fingerprint density at radius 1 is 1.10 bits per heavy atom. The lowest BCUT2D eigenvalue weighted by Crippen LogP contribution is -2.44. The molecule has 3 N–H and O–H groups in total. The molecule has 11 nitrogen and oxygen atoms in total. The number of hydrogen-bond acceptors (Lipinski definition) is 8. The minimum atomic E-state index is -5.08. The molecule has 2 aliphatic rings. The quantitative estimate of drug-likeness (QED) is 0.443. The molecule has 39 heavy (non-hydrogen) atoms. The van der Waals surface area contributed by atoms with Crippen LogP contribution in [0.15, 0.2) is 64.8 Å². The molecule has 2 aromatic heterocycles. The Kier molecular flexibility index (Phi) is 8.44. The molecular weight excluding hydrogens is 521 g/mol. The number of pyridine rings is 1. The fraction of sp³-hybridized carbons (Fsp3) is 0.320. The van der Waals surface area contributed by atoms with Crippen molar-refractivity contribution in [3.05, 3.63) is 66.2 Å². The fourth-order valence-electron chi connectivity index (χ4n) is 4.02. The highest BCUT2D eigenvalue weighted by molar-refractivity contribution is 5.80. The van der Waals surface area contributed by atoms with Crippen LogP contribution in [0, 0.1) is 0 Å².